The molecule has 0 aliphatic rings. The molecule has 0 fully saturated rings. The molecule has 0 aliphatic carbocycles. The number of nitrogens with two attached hydrogens (primary N) is 1. The standard InChI is InChI=1S/C12H19N3OS/c1-5-6-17-11-9(12(2,3)4)14-7-8(15-11)10(13)16/h7H,5-6H2,1-4H3,(H2,13,16). The van der Waals surface area contributed by atoms with Gasteiger partial charge >= 0.3 is 0 Å². The van der Waals surface area contributed by atoms with Gasteiger partial charge in [0.1, 0.15) is 10.7 Å². The molecule has 5 heteroatoms. The zero-order chi connectivity index (χ0) is 13.1. The Labute approximate surface area is 106 Å². The minimum Gasteiger partial charge on any atom is -0.364 e. The van der Waals surface area contributed by atoms with Gasteiger partial charge in [-0.15, -0.1) is 11.8 Å². The second-order valence-corrected chi connectivity index (χ2v) is 5.96. The first-order valence-corrected chi connectivity index (χ1v) is 6.65. The smallest absolute Gasteiger partial charge is 0.268 e. The molecule has 0 radical (unpaired) electrons. The highest BCUT2D eigenvalue weighted by Crippen LogP contribution is 2.29. The number of hydrogen-bond acceptors (Lipinski definition) is 4. The van der Waals surface area contributed by atoms with Crippen molar-refractivity contribution in [2.45, 2.75) is 44.6 Å². The van der Waals surface area contributed by atoms with Crippen molar-refractivity contribution in [3.05, 3.63) is 17.6 Å². The molecule has 0 spiro atoms. The molecular weight excluding hydrogens is 234 g/mol. The summed E-state index contributed by atoms with van der Waals surface area (Å²) in [6, 6.07) is 0. The summed E-state index contributed by atoms with van der Waals surface area (Å²) in [5.74, 6) is 0.427. The summed E-state index contributed by atoms with van der Waals surface area (Å²) in [7, 11) is 0. The van der Waals surface area contributed by atoms with Crippen molar-refractivity contribution in [3.63, 3.8) is 0 Å². The van der Waals surface area contributed by atoms with Crippen molar-refractivity contribution in [2.24, 2.45) is 5.73 Å². The van der Waals surface area contributed by atoms with Crippen LogP contribution in [0.5, 0.6) is 0 Å². The van der Waals surface area contributed by atoms with Gasteiger partial charge in [-0.05, 0) is 12.2 Å². The van der Waals surface area contributed by atoms with E-state index in [1.807, 2.05) is 0 Å². The van der Waals surface area contributed by atoms with Gasteiger partial charge in [-0.1, -0.05) is 27.7 Å². The van der Waals surface area contributed by atoms with E-state index < -0.39 is 5.91 Å². The van der Waals surface area contributed by atoms with Crippen LogP contribution in [0.3, 0.4) is 0 Å². The van der Waals surface area contributed by atoms with Crippen molar-refractivity contribution < 1.29 is 4.79 Å². The third kappa shape index (κ3) is 3.70. The summed E-state index contributed by atoms with van der Waals surface area (Å²) < 4.78 is 0. The predicted molar refractivity (Wildman–Crippen MR) is 70.3 cm³/mol. The van der Waals surface area contributed by atoms with Crippen molar-refractivity contribution >= 4 is 17.7 Å². The first kappa shape index (κ1) is 14.0. The molecule has 1 aromatic heterocycles. The van der Waals surface area contributed by atoms with Gasteiger partial charge in [0.05, 0.1) is 11.9 Å². The number of nitrogens with zero attached hydrogens (tertiary/aromatic N) is 2. The average Bonchev–Trinajstić information content (AvgIpc) is 2.24. The highest BCUT2D eigenvalue weighted by Gasteiger charge is 2.22. The van der Waals surface area contributed by atoms with Crippen LogP contribution in [0.4, 0.5) is 0 Å². The molecule has 1 heterocycles. The Morgan fingerprint density at radius 2 is 2.12 bits per heavy atom. The lowest BCUT2D eigenvalue weighted by molar-refractivity contribution is 0.0994. The summed E-state index contributed by atoms with van der Waals surface area (Å²) in [6.07, 6.45) is 2.51. The molecule has 2 N–H and O–H groups in total. The number of aromatic nitrogens is 2. The molecule has 0 saturated carbocycles. The molecule has 1 aromatic rings. The molecule has 0 unspecified atom stereocenters. The molecule has 0 aromatic carbocycles. The van der Waals surface area contributed by atoms with Crippen LogP contribution >= 0.6 is 11.8 Å². The van der Waals surface area contributed by atoms with Gasteiger partial charge in [-0.3, -0.25) is 9.78 Å². The van der Waals surface area contributed by atoms with E-state index >= 15 is 0 Å². The van der Waals surface area contributed by atoms with Crippen LogP contribution in [0.15, 0.2) is 11.2 Å². The molecule has 0 bridgehead atoms. The molecule has 0 aliphatic heterocycles. The first-order valence-electron chi connectivity index (χ1n) is 5.66. The normalized spacial score (nSPS) is 11.5. The quantitative estimate of drug-likeness (QED) is 0.836. The van der Waals surface area contributed by atoms with Crippen molar-refractivity contribution in [2.75, 3.05) is 5.75 Å². The molecular formula is C12H19N3OS. The minimum atomic E-state index is -0.531. The predicted octanol–water partition coefficient (Wildman–Crippen LogP) is 2.38. The van der Waals surface area contributed by atoms with Crippen LogP contribution in [0, 0.1) is 0 Å². The average molecular weight is 253 g/mol. The second kappa shape index (κ2) is 5.49. The van der Waals surface area contributed by atoms with Gasteiger partial charge < -0.3 is 5.73 Å². The van der Waals surface area contributed by atoms with Crippen LogP contribution in [0.1, 0.15) is 50.3 Å². The summed E-state index contributed by atoms with van der Waals surface area (Å²) in [6.45, 7) is 8.35. The minimum absolute atomic E-state index is 0.0841. The Morgan fingerprint density at radius 3 is 2.59 bits per heavy atom. The van der Waals surface area contributed by atoms with E-state index in [9.17, 15) is 4.79 Å². The second-order valence-electron chi connectivity index (χ2n) is 4.87. The topological polar surface area (TPSA) is 68.9 Å². The maximum absolute atomic E-state index is 11.1. The molecule has 94 valence electrons. The van der Waals surface area contributed by atoms with Gasteiger partial charge in [0, 0.05) is 5.41 Å². The molecule has 0 atom stereocenters. The summed E-state index contributed by atoms with van der Waals surface area (Å²) >= 11 is 1.62. The third-order valence-electron chi connectivity index (χ3n) is 2.15. The van der Waals surface area contributed by atoms with Crippen molar-refractivity contribution in [1.29, 1.82) is 0 Å². The van der Waals surface area contributed by atoms with Gasteiger partial charge in [0.15, 0.2) is 0 Å². The highest BCUT2D eigenvalue weighted by atomic mass is 32.2. The summed E-state index contributed by atoms with van der Waals surface area (Å²) in [5.41, 5.74) is 6.29. The van der Waals surface area contributed by atoms with E-state index in [0.29, 0.717) is 0 Å². The van der Waals surface area contributed by atoms with Gasteiger partial charge in [0.25, 0.3) is 5.91 Å². The lowest BCUT2D eigenvalue weighted by Gasteiger charge is -2.20. The fraction of sp³-hybridized carbons (Fsp3) is 0.583. The molecule has 4 nitrogen and oxygen atoms in total. The third-order valence-corrected chi connectivity index (χ3v) is 3.32. The number of carbonyl (C=O) groups is 1. The van der Waals surface area contributed by atoms with Crippen LogP contribution in [-0.4, -0.2) is 21.6 Å². The maximum atomic E-state index is 11.1. The van der Waals surface area contributed by atoms with Crippen molar-refractivity contribution in [1.82, 2.24) is 9.97 Å². The number of primary amides is 1. The van der Waals surface area contributed by atoms with Crippen molar-refractivity contribution in [3.8, 4) is 0 Å². The molecule has 17 heavy (non-hydrogen) atoms. The van der Waals surface area contributed by atoms with Gasteiger partial charge in [0.2, 0.25) is 0 Å². The van der Waals surface area contributed by atoms with E-state index in [1.54, 1.807) is 11.8 Å². The highest BCUT2D eigenvalue weighted by molar-refractivity contribution is 7.99. The van der Waals surface area contributed by atoms with E-state index in [-0.39, 0.29) is 11.1 Å². The monoisotopic (exact) mass is 253 g/mol. The van der Waals surface area contributed by atoms with Crippen LogP contribution < -0.4 is 5.73 Å². The number of rotatable bonds is 4. The van der Waals surface area contributed by atoms with E-state index in [2.05, 4.69) is 37.7 Å². The lowest BCUT2D eigenvalue weighted by Crippen LogP contribution is -2.20. The number of amides is 1. The Hall–Kier alpha value is -1.10. The Morgan fingerprint density at radius 1 is 1.47 bits per heavy atom. The first-order chi connectivity index (χ1) is 7.86. The van der Waals surface area contributed by atoms with E-state index in [1.165, 1.54) is 6.20 Å². The van der Waals surface area contributed by atoms with Crippen LogP contribution in [-0.2, 0) is 5.41 Å². The largest absolute Gasteiger partial charge is 0.364 e. The van der Waals surface area contributed by atoms with E-state index in [4.69, 9.17) is 5.73 Å². The zero-order valence-corrected chi connectivity index (χ0v) is 11.6. The molecule has 1 rings (SSSR count). The Kier molecular flexibility index (Phi) is 4.51. The number of carbonyl (C=O) groups excluding carboxylic acids is 1. The fourth-order valence-electron chi connectivity index (χ4n) is 1.30. The molecule has 1 amide bonds. The van der Waals surface area contributed by atoms with Crippen LogP contribution in [0.2, 0.25) is 0 Å². The number of hydrogen-bond donors (Lipinski definition) is 1. The van der Waals surface area contributed by atoms with Crippen LogP contribution in [0.25, 0.3) is 0 Å². The van der Waals surface area contributed by atoms with Gasteiger partial charge in [-0.2, -0.15) is 0 Å². The maximum Gasteiger partial charge on any atom is 0.268 e. The molecule has 0 saturated heterocycles. The fourth-order valence-corrected chi connectivity index (χ4v) is 2.36. The lowest BCUT2D eigenvalue weighted by atomic mass is 9.92. The summed E-state index contributed by atoms with van der Waals surface area (Å²) in [4.78, 5) is 19.7. The van der Waals surface area contributed by atoms with Gasteiger partial charge in [-0.25, -0.2) is 4.98 Å². The Balaban J connectivity index is 3.17. The van der Waals surface area contributed by atoms with E-state index in [0.717, 1.165) is 22.9 Å². The SMILES string of the molecule is CCCSc1nc(C(N)=O)cnc1C(C)(C)C. The summed E-state index contributed by atoms with van der Waals surface area (Å²) in [5, 5.41) is 0.815. The number of thioether (sulfide) groups is 1. The Bertz CT molecular complexity index is 413. The zero-order valence-electron chi connectivity index (χ0n) is 10.8.